The molecular formula is C8H16N2O. The van der Waals surface area contributed by atoms with Gasteiger partial charge in [0.25, 0.3) is 0 Å². The first-order chi connectivity index (χ1) is 5.40. The number of hydrogen-bond acceptors (Lipinski definition) is 3. The number of hydrogen-bond donors (Lipinski definition) is 1. The molecule has 3 rings (SSSR count). The van der Waals surface area contributed by atoms with Crippen LogP contribution in [0.15, 0.2) is 0 Å². The Hall–Kier alpha value is -0.120. The molecule has 11 heavy (non-hydrogen) atoms. The second-order valence-electron chi connectivity index (χ2n) is 3.47. The van der Waals surface area contributed by atoms with Gasteiger partial charge in [-0.3, -0.25) is 4.90 Å². The van der Waals surface area contributed by atoms with Crippen molar-refractivity contribution >= 4 is 0 Å². The van der Waals surface area contributed by atoms with E-state index < -0.39 is 0 Å². The largest absolute Gasteiger partial charge is 0.375 e. The zero-order chi connectivity index (χ0) is 7.68. The van der Waals surface area contributed by atoms with Crippen LogP contribution >= 0.6 is 0 Å². The van der Waals surface area contributed by atoms with Crippen LogP contribution in [-0.4, -0.2) is 43.3 Å². The molecule has 3 aliphatic rings. The smallest absolute Gasteiger partial charge is 0.0703 e. The van der Waals surface area contributed by atoms with Gasteiger partial charge in [0.05, 0.1) is 12.7 Å². The summed E-state index contributed by atoms with van der Waals surface area (Å²) in [6, 6.07) is 0.670. The Kier molecular flexibility index (Phi) is 2.11. The van der Waals surface area contributed by atoms with Crippen molar-refractivity contribution in [1.82, 2.24) is 4.90 Å². The van der Waals surface area contributed by atoms with Gasteiger partial charge in [0.15, 0.2) is 0 Å². The van der Waals surface area contributed by atoms with E-state index in [1.54, 1.807) is 0 Å². The van der Waals surface area contributed by atoms with E-state index in [2.05, 4.69) is 4.90 Å². The molecule has 0 amide bonds. The van der Waals surface area contributed by atoms with Crippen LogP contribution < -0.4 is 5.73 Å². The summed E-state index contributed by atoms with van der Waals surface area (Å²) in [6.45, 7) is 3.88. The summed E-state index contributed by atoms with van der Waals surface area (Å²) in [6.07, 6.45) is 3.07. The lowest BCUT2D eigenvalue weighted by molar-refractivity contribution is -0.104. The first-order valence-electron chi connectivity index (χ1n) is 4.46. The van der Waals surface area contributed by atoms with Crippen molar-refractivity contribution in [1.29, 1.82) is 0 Å². The molecule has 2 N–H and O–H groups in total. The standard InChI is InChI=1S/C8H16N2O/c9-3-4-10-5-8-2-1-7(10)6-11-8/h7-8H,1-6,9H2/t7-,8-/m0/s1. The van der Waals surface area contributed by atoms with Crippen molar-refractivity contribution in [3.05, 3.63) is 0 Å². The molecular weight excluding hydrogens is 140 g/mol. The molecule has 0 spiro atoms. The highest BCUT2D eigenvalue weighted by atomic mass is 16.5. The summed E-state index contributed by atoms with van der Waals surface area (Å²) in [5.41, 5.74) is 5.51. The van der Waals surface area contributed by atoms with E-state index in [0.717, 1.165) is 26.2 Å². The first-order valence-corrected chi connectivity index (χ1v) is 4.46. The van der Waals surface area contributed by atoms with Gasteiger partial charge in [-0.1, -0.05) is 0 Å². The van der Waals surface area contributed by atoms with Gasteiger partial charge >= 0.3 is 0 Å². The van der Waals surface area contributed by atoms with Crippen molar-refractivity contribution in [2.45, 2.75) is 25.0 Å². The van der Waals surface area contributed by atoms with Crippen molar-refractivity contribution < 1.29 is 4.74 Å². The second kappa shape index (κ2) is 3.09. The van der Waals surface area contributed by atoms with Crippen molar-refractivity contribution in [3.8, 4) is 0 Å². The minimum atomic E-state index is 0.506. The fourth-order valence-corrected chi connectivity index (χ4v) is 2.07. The van der Waals surface area contributed by atoms with Crippen LogP contribution in [-0.2, 0) is 4.74 Å². The fraction of sp³-hybridized carbons (Fsp3) is 1.00. The molecule has 0 unspecified atom stereocenters. The maximum atomic E-state index is 5.57. The van der Waals surface area contributed by atoms with Crippen LogP contribution in [0.4, 0.5) is 0 Å². The van der Waals surface area contributed by atoms with E-state index in [-0.39, 0.29) is 0 Å². The molecule has 3 aliphatic heterocycles. The maximum Gasteiger partial charge on any atom is 0.0703 e. The van der Waals surface area contributed by atoms with Crippen LogP contribution in [0, 0.1) is 0 Å². The Bertz CT molecular complexity index is 132. The molecule has 0 aromatic rings. The van der Waals surface area contributed by atoms with Gasteiger partial charge in [-0.05, 0) is 12.8 Å². The van der Waals surface area contributed by atoms with Gasteiger partial charge < -0.3 is 10.5 Å². The number of fused-ring (bicyclic) bond motifs is 3. The maximum absolute atomic E-state index is 5.57. The summed E-state index contributed by atoms with van der Waals surface area (Å²) in [4.78, 5) is 2.47. The lowest BCUT2D eigenvalue weighted by atomic mass is 9.97. The monoisotopic (exact) mass is 156 g/mol. The molecule has 3 nitrogen and oxygen atoms in total. The lowest BCUT2D eigenvalue weighted by Gasteiger charge is -2.44. The third-order valence-electron chi connectivity index (χ3n) is 2.72. The van der Waals surface area contributed by atoms with Gasteiger partial charge in [0.1, 0.15) is 0 Å². The molecule has 3 saturated heterocycles. The third kappa shape index (κ3) is 1.41. The van der Waals surface area contributed by atoms with E-state index in [9.17, 15) is 0 Å². The number of rotatable bonds is 2. The fourth-order valence-electron chi connectivity index (χ4n) is 2.07. The average molecular weight is 156 g/mol. The molecule has 3 heteroatoms. The number of morpholine rings is 1. The van der Waals surface area contributed by atoms with Gasteiger partial charge in [0, 0.05) is 25.7 Å². The molecule has 3 fully saturated rings. The molecule has 0 aromatic carbocycles. The van der Waals surface area contributed by atoms with Gasteiger partial charge in [-0.15, -0.1) is 0 Å². The second-order valence-corrected chi connectivity index (χ2v) is 3.47. The van der Waals surface area contributed by atoms with Crippen molar-refractivity contribution in [3.63, 3.8) is 0 Å². The highest BCUT2D eigenvalue weighted by Crippen LogP contribution is 2.25. The molecule has 0 saturated carbocycles. The number of nitrogens with zero attached hydrogens (tertiary/aromatic N) is 1. The van der Waals surface area contributed by atoms with E-state index in [1.807, 2.05) is 0 Å². The molecule has 2 atom stereocenters. The number of nitrogens with two attached hydrogens (primary N) is 1. The summed E-state index contributed by atoms with van der Waals surface area (Å²) in [5, 5.41) is 0. The molecule has 3 heterocycles. The van der Waals surface area contributed by atoms with Gasteiger partial charge in [-0.25, -0.2) is 0 Å². The van der Waals surface area contributed by atoms with Gasteiger partial charge in [0.2, 0.25) is 0 Å². The highest BCUT2D eigenvalue weighted by molar-refractivity contribution is 4.86. The third-order valence-corrected chi connectivity index (χ3v) is 2.72. The number of ether oxygens (including phenoxy) is 1. The molecule has 0 aromatic heterocycles. The SMILES string of the molecule is NCCN1C[C@@H]2CC[C@H]1CO2. The average Bonchev–Trinajstić information content (AvgIpc) is 2.07. The summed E-state index contributed by atoms with van der Waals surface area (Å²) >= 11 is 0. The first kappa shape index (κ1) is 7.53. The van der Waals surface area contributed by atoms with E-state index in [0.29, 0.717) is 12.1 Å². The topological polar surface area (TPSA) is 38.5 Å². The van der Waals surface area contributed by atoms with E-state index in [1.165, 1.54) is 12.8 Å². The predicted octanol–water partition coefficient (Wildman–Crippen LogP) is -0.192. The predicted molar refractivity (Wildman–Crippen MR) is 43.4 cm³/mol. The quantitative estimate of drug-likeness (QED) is 0.602. The van der Waals surface area contributed by atoms with E-state index >= 15 is 0 Å². The Morgan fingerprint density at radius 3 is 2.82 bits per heavy atom. The van der Waals surface area contributed by atoms with Crippen LogP contribution in [0.25, 0.3) is 0 Å². The van der Waals surface area contributed by atoms with Crippen LogP contribution in [0.3, 0.4) is 0 Å². The summed E-state index contributed by atoms with van der Waals surface area (Å²) < 4.78 is 5.57. The van der Waals surface area contributed by atoms with Gasteiger partial charge in [-0.2, -0.15) is 0 Å². The van der Waals surface area contributed by atoms with Crippen LogP contribution in [0.2, 0.25) is 0 Å². The zero-order valence-corrected chi connectivity index (χ0v) is 6.83. The summed E-state index contributed by atoms with van der Waals surface area (Å²) in [5.74, 6) is 0. The van der Waals surface area contributed by atoms with Crippen molar-refractivity contribution in [2.24, 2.45) is 5.73 Å². The number of piperidine rings is 1. The Morgan fingerprint density at radius 1 is 1.45 bits per heavy atom. The van der Waals surface area contributed by atoms with Crippen LogP contribution in [0.1, 0.15) is 12.8 Å². The lowest BCUT2D eigenvalue weighted by Crippen LogP contribution is -2.55. The molecule has 64 valence electrons. The summed E-state index contributed by atoms with van der Waals surface area (Å²) in [7, 11) is 0. The zero-order valence-electron chi connectivity index (χ0n) is 6.83. The molecule has 0 radical (unpaired) electrons. The Morgan fingerprint density at radius 2 is 2.36 bits per heavy atom. The van der Waals surface area contributed by atoms with Crippen molar-refractivity contribution in [2.75, 3.05) is 26.2 Å². The minimum absolute atomic E-state index is 0.506. The Labute approximate surface area is 67.5 Å². The molecule has 0 aliphatic carbocycles. The van der Waals surface area contributed by atoms with E-state index in [4.69, 9.17) is 10.5 Å². The highest BCUT2D eigenvalue weighted by Gasteiger charge is 2.33. The minimum Gasteiger partial charge on any atom is -0.375 e. The van der Waals surface area contributed by atoms with Crippen LogP contribution in [0.5, 0.6) is 0 Å². The molecule has 2 bridgehead atoms. The normalized spacial score (nSPS) is 37.9. The Balaban J connectivity index is 1.92.